The number of rotatable bonds is 4. The van der Waals surface area contributed by atoms with Gasteiger partial charge in [-0.15, -0.1) is 0 Å². The summed E-state index contributed by atoms with van der Waals surface area (Å²) < 4.78 is 40.3. The summed E-state index contributed by atoms with van der Waals surface area (Å²) in [4.78, 5) is 16.1. The van der Waals surface area contributed by atoms with Crippen LogP contribution in [0.3, 0.4) is 0 Å². The van der Waals surface area contributed by atoms with Crippen molar-refractivity contribution >= 4 is 5.78 Å². The molecule has 6 heteroatoms. The number of hydrogen-bond acceptors (Lipinski definition) is 2. The molecule has 0 saturated carbocycles. The van der Waals surface area contributed by atoms with Gasteiger partial charge in [-0.2, -0.15) is 13.2 Å². The standard InChI is InChI=1S/C14H13F3N2O/c1-2-19-8-7-18-13(19)9-12(20)10-5-3-4-6-11(10)14(15,16)17/h3-8H,2,9H2,1H3. The molecule has 0 unspecified atom stereocenters. The summed E-state index contributed by atoms with van der Waals surface area (Å²) in [6.07, 6.45) is -1.46. The summed E-state index contributed by atoms with van der Waals surface area (Å²) in [5.74, 6) is -0.117. The lowest BCUT2D eigenvalue weighted by Gasteiger charge is -2.12. The van der Waals surface area contributed by atoms with Gasteiger partial charge in [0.15, 0.2) is 5.78 Å². The first kappa shape index (κ1) is 14.3. The van der Waals surface area contributed by atoms with Gasteiger partial charge in [-0.25, -0.2) is 4.98 Å². The van der Waals surface area contributed by atoms with E-state index in [1.165, 1.54) is 24.4 Å². The Kier molecular flexibility index (Phi) is 3.92. The van der Waals surface area contributed by atoms with Crippen LogP contribution in [-0.2, 0) is 19.1 Å². The van der Waals surface area contributed by atoms with Crippen LogP contribution in [0.1, 0.15) is 28.7 Å². The number of hydrogen-bond donors (Lipinski definition) is 0. The lowest BCUT2D eigenvalue weighted by Crippen LogP contribution is -2.16. The first-order chi connectivity index (χ1) is 9.43. The maximum Gasteiger partial charge on any atom is 0.417 e. The number of aryl methyl sites for hydroxylation is 1. The Balaban J connectivity index is 2.31. The maximum atomic E-state index is 12.9. The van der Waals surface area contributed by atoms with Crippen molar-refractivity contribution < 1.29 is 18.0 Å². The summed E-state index contributed by atoms with van der Waals surface area (Å²) in [6.45, 7) is 2.49. The lowest BCUT2D eigenvalue weighted by atomic mass is 10.0. The molecule has 1 aromatic carbocycles. The monoisotopic (exact) mass is 282 g/mol. The van der Waals surface area contributed by atoms with Crippen molar-refractivity contribution in [2.75, 3.05) is 0 Å². The minimum absolute atomic E-state index is 0.145. The van der Waals surface area contributed by atoms with Gasteiger partial charge in [0.05, 0.1) is 12.0 Å². The van der Waals surface area contributed by atoms with Crippen LogP contribution < -0.4 is 0 Å². The second-order valence-electron chi connectivity index (χ2n) is 4.27. The molecule has 0 N–H and O–H groups in total. The average Bonchev–Trinajstić information content (AvgIpc) is 2.85. The molecule has 106 valence electrons. The molecule has 0 spiro atoms. The number of Topliss-reactive ketones (excluding diaryl/α,β-unsaturated/α-hetero) is 1. The van der Waals surface area contributed by atoms with Crippen molar-refractivity contribution in [1.82, 2.24) is 9.55 Å². The van der Waals surface area contributed by atoms with Crippen molar-refractivity contribution in [2.45, 2.75) is 26.1 Å². The van der Waals surface area contributed by atoms with Crippen LogP contribution in [0.5, 0.6) is 0 Å². The summed E-state index contributed by atoms with van der Waals surface area (Å²) in [5.41, 5.74) is -1.22. The number of nitrogens with zero attached hydrogens (tertiary/aromatic N) is 2. The van der Waals surface area contributed by atoms with Gasteiger partial charge in [0.1, 0.15) is 5.82 Å². The number of ketones is 1. The average molecular weight is 282 g/mol. The molecule has 0 bridgehead atoms. The first-order valence-corrected chi connectivity index (χ1v) is 6.13. The molecule has 1 heterocycles. The van der Waals surface area contributed by atoms with E-state index in [0.717, 1.165) is 6.07 Å². The SMILES string of the molecule is CCn1ccnc1CC(=O)c1ccccc1C(F)(F)F. The van der Waals surface area contributed by atoms with E-state index in [4.69, 9.17) is 0 Å². The molecule has 0 saturated heterocycles. The second kappa shape index (κ2) is 5.48. The van der Waals surface area contributed by atoms with Gasteiger partial charge in [0.2, 0.25) is 0 Å². The molecule has 0 atom stereocenters. The highest BCUT2D eigenvalue weighted by atomic mass is 19.4. The molecule has 0 aliphatic heterocycles. The smallest absolute Gasteiger partial charge is 0.335 e. The normalized spacial score (nSPS) is 11.6. The third-order valence-corrected chi connectivity index (χ3v) is 2.99. The first-order valence-electron chi connectivity index (χ1n) is 6.13. The van der Waals surface area contributed by atoms with Crippen LogP contribution in [-0.4, -0.2) is 15.3 Å². The van der Waals surface area contributed by atoms with E-state index in [2.05, 4.69) is 4.98 Å². The number of carbonyl (C=O) groups is 1. The van der Waals surface area contributed by atoms with Crippen LogP contribution >= 0.6 is 0 Å². The maximum absolute atomic E-state index is 12.9. The largest absolute Gasteiger partial charge is 0.417 e. The number of alkyl halides is 3. The molecule has 20 heavy (non-hydrogen) atoms. The van der Waals surface area contributed by atoms with E-state index in [-0.39, 0.29) is 12.0 Å². The van der Waals surface area contributed by atoms with Crippen LogP contribution in [0, 0.1) is 0 Å². The van der Waals surface area contributed by atoms with Gasteiger partial charge >= 0.3 is 6.18 Å². The van der Waals surface area contributed by atoms with Crippen LogP contribution in [0.4, 0.5) is 13.2 Å². The van der Waals surface area contributed by atoms with Crippen molar-refractivity contribution in [3.8, 4) is 0 Å². The predicted molar refractivity (Wildman–Crippen MR) is 67.4 cm³/mol. The molecular weight excluding hydrogens is 269 g/mol. The number of halogens is 3. The quantitative estimate of drug-likeness (QED) is 0.806. The minimum Gasteiger partial charge on any atom is -0.335 e. The van der Waals surface area contributed by atoms with Crippen LogP contribution in [0.15, 0.2) is 36.7 Å². The Morgan fingerprint density at radius 1 is 1.30 bits per heavy atom. The zero-order valence-corrected chi connectivity index (χ0v) is 10.8. The fourth-order valence-electron chi connectivity index (χ4n) is 2.01. The van der Waals surface area contributed by atoms with Crippen molar-refractivity contribution in [3.05, 3.63) is 53.6 Å². The van der Waals surface area contributed by atoms with Gasteiger partial charge in [-0.05, 0) is 13.0 Å². The van der Waals surface area contributed by atoms with E-state index in [1.807, 2.05) is 6.92 Å². The summed E-state index contributed by atoms with van der Waals surface area (Å²) in [7, 11) is 0. The second-order valence-corrected chi connectivity index (χ2v) is 4.27. The van der Waals surface area contributed by atoms with Crippen LogP contribution in [0.2, 0.25) is 0 Å². The highest BCUT2D eigenvalue weighted by molar-refractivity contribution is 5.98. The molecule has 0 aliphatic rings. The highest BCUT2D eigenvalue weighted by Crippen LogP contribution is 2.32. The van der Waals surface area contributed by atoms with Crippen molar-refractivity contribution in [2.24, 2.45) is 0 Å². The number of imidazole rings is 1. The number of aromatic nitrogens is 2. The van der Waals surface area contributed by atoms with Gasteiger partial charge in [-0.1, -0.05) is 18.2 Å². The topological polar surface area (TPSA) is 34.9 Å². The molecule has 2 aromatic rings. The Morgan fingerprint density at radius 2 is 2.00 bits per heavy atom. The van der Waals surface area contributed by atoms with Gasteiger partial charge in [-0.3, -0.25) is 4.79 Å². The van der Waals surface area contributed by atoms with Gasteiger partial charge < -0.3 is 4.57 Å². The van der Waals surface area contributed by atoms with E-state index < -0.39 is 17.5 Å². The van der Waals surface area contributed by atoms with E-state index >= 15 is 0 Å². The third-order valence-electron chi connectivity index (χ3n) is 2.99. The van der Waals surface area contributed by atoms with E-state index in [0.29, 0.717) is 12.4 Å². The van der Waals surface area contributed by atoms with E-state index in [9.17, 15) is 18.0 Å². The Hall–Kier alpha value is -2.11. The number of benzene rings is 1. The fraction of sp³-hybridized carbons (Fsp3) is 0.286. The minimum atomic E-state index is -4.54. The molecule has 0 aliphatic carbocycles. The van der Waals surface area contributed by atoms with Crippen LogP contribution in [0.25, 0.3) is 0 Å². The molecule has 3 nitrogen and oxygen atoms in total. The number of carbonyl (C=O) groups excluding carboxylic acids is 1. The van der Waals surface area contributed by atoms with Gasteiger partial charge in [0.25, 0.3) is 0 Å². The van der Waals surface area contributed by atoms with Gasteiger partial charge in [0, 0.05) is 24.5 Å². The van der Waals surface area contributed by atoms with E-state index in [1.54, 1.807) is 10.8 Å². The predicted octanol–water partition coefficient (Wildman–Crippen LogP) is 3.35. The Morgan fingerprint density at radius 3 is 2.65 bits per heavy atom. The zero-order valence-electron chi connectivity index (χ0n) is 10.8. The van der Waals surface area contributed by atoms with Crippen molar-refractivity contribution in [3.63, 3.8) is 0 Å². The molecule has 1 aromatic heterocycles. The molecular formula is C14H13F3N2O. The summed E-state index contributed by atoms with van der Waals surface area (Å²) in [6, 6.07) is 4.81. The summed E-state index contributed by atoms with van der Waals surface area (Å²) >= 11 is 0. The Labute approximate surface area is 114 Å². The fourth-order valence-corrected chi connectivity index (χ4v) is 2.01. The molecule has 0 radical (unpaired) electrons. The highest BCUT2D eigenvalue weighted by Gasteiger charge is 2.34. The Bertz CT molecular complexity index is 617. The molecule has 0 fully saturated rings. The molecule has 0 amide bonds. The molecule has 2 rings (SSSR count). The van der Waals surface area contributed by atoms with Crippen molar-refractivity contribution in [1.29, 1.82) is 0 Å². The summed E-state index contributed by atoms with van der Waals surface area (Å²) in [5, 5.41) is 0. The zero-order chi connectivity index (χ0) is 14.8. The lowest BCUT2D eigenvalue weighted by molar-refractivity contribution is -0.137. The third kappa shape index (κ3) is 2.89.